The van der Waals surface area contributed by atoms with E-state index in [1.54, 1.807) is 6.26 Å². The molecule has 0 fully saturated rings. The third-order valence-corrected chi connectivity index (χ3v) is 3.42. The summed E-state index contributed by atoms with van der Waals surface area (Å²) in [5, 5.41) is 3.36. The van der Waals surface area contributed by atoms with E-state index in [1.807, 2.05) is 31.2 Å². The van der Waals surface area contributed by atoms with Crippen molar-refractivity contribution in [2.75, 3.05) is 0 Å². The highest BCUT2D eigenvalue weighted by atomic mass is 79.9. The van der Waals surface area contributed by atoms with Gasteiger partial charge in [0.05, 0.1) is 6.26 Å². The van der Waals surface area contributed by atoms with Gasteiger partial charge in [-0.3, -0.25) is 0 Å². The second-order valence-electron chi connectivity index (χ2n) is 5.16. The third kappa shape index (κ3) is 4.39. The van der Waals surface area contributed by atoms with Crippen LogP contribution in [0.3, 0.4) is 0 Å². The van der Waals surface area contributed by atoms with Gasteiger partial charge in [0.1, 0.15) is 18.1 Å². The summed E-state index contributed by atoms with van der Waals surface area (Å²) in [6, 6.07) is 8.47. The fourth-order valence-electron chi connectivity index (χ4n) is 1.84. The fourth-order valence-corrected chi connectivity index (χ4v) is 2.32. The smallest absolute Gasteiger partial charge is 0.146 e. The molecule has 0 aliphatic rings. The number of aryl methyl sites for hydroxylation is 1. The number of hydrogen-bond acceptors (Lipinski definition) is 3. The zero-order valence-electron chi connectivity index (χ0n) is 12.1. The van der Waals surface area contributed by atoms with Gasteiger partial charge in [-0.05, 0) is 36.8 Å². The third-order valence-electron chi connectivity index (χ3n) is 2.93. The maximum Gasteiger partial charge on any atom is 0.146 e. The monoisotopic (exact) mass is 337 g/mol. The quantitative estimate of drug-likeness (QED) is 0.846. The Labute approximate surface area is 128 Å². The van der Waals surface area contributed by atoms with Crippen molar-refractivity contribution in [3.8, 4) is 5.75 Å². The zero-order chi connectivity index (χ0) is 14.5. The Balaban J connectivity index is 1.90. The van der Waals surface area contributed by atoms with Crippen LogP contribution in [0.4, 0.5) is 0 Å². The first-order chi connectivity index (χ1) is 9.54. The van der Waals surface area contributed by atoms with Crippen molar-refractivity contribution in [3.05, 3.63) is 51.9 Å². The second-order valence-corrected chi connectivity index (χ2v) is 6.07. The van der Waals surface area contributed by atoms with Gasteiger partial charge in [-0.1, -0.05) is 29.8 Å². The largest absolute Gasteiger partial charge is 0.485 e. The van der Waals surface area contributed by atoms with Crippen molar-refractivity contribution in [3.63, 3.8) is 0 Å². The summed E-state index contributed by atoms with van der Waals surface area (Å²) in [5.74, 6) is 1.72. The van der Waals surface area contributed by atoms with Gasteiger partial charge < -0.3 is 14.5 Å². The lowest BCUT2D eigenvalue weighted by molar-refractivity contribution is 0.268. The van der Waals surface area contributed by atoms with Crippen molar-refractivity contribution in [1.82, 2.24) is 5.32 Å². The van der Waals surface area contributed by atoms with E-state index in [0.717, 1.165) is 33.7 Å². The predicted octanol–water partition coefficient (Wildman–Crippen LogP) is 4.43. The molecule has 1 N–H and O–H groups in total. The van der Waals surface area contributed by atoms with E-state index < -0.39 is 0 Å². The number of halogens is 1. The van der Waals surface area contributed by atoms with Gasteiger partial charge >= 0.3 is 0 Å². The number of furan rings is 1. The Morgan fingerprint density at radius 1 is 1.30 bits per heavy atom. The minimum atomic E-state index is 0.449. The van der Waals surface area contributed by atoms with Crippen LogP contribution in [0.2, 0.25) is 0 Å². The number of benzene rings is 1. The molecule has 0 spiro atoms. The normalized spacial score (nSPS) is 11.1. The molecule has 2 rings (SSSR count). The minimum Gasteiger partial charge on any atom is -0.485 e. The summed E-state index contributed by atoms with van der Waals surface area (Å²) in [6.07, 6.45) is 1.78. The van der Waals surface area contributed by atoms with E-state index in [4.69, 9.17) is 9.15 Å². The lowest BCUT2D eigenvalue weighted by atomic mass is 10.2. The van der Waals surface area contributed by atoms with E-state index in [9.17, 15) is 0 Å². The molecular formula is C16H20BrNO2. The van der Waals surface area contributed by atoms with Crippen LogP contribution in [0.1, 0.15) is 30.7 Å². The minimum absolute atomic E-state index is 0.449. The summed E-state index contributed by atoms with van der Waals surface area (Å²) in [5.41, 5.74) is 2.25. The van der Waals surface area contributed by atoms with Crippen LogP contribution in [0.5, 0.6) is 5.75 Å². The van der Waals surface area contributed by atoms with E-state index in [-0.39, 0.29) is 0 Å². The van der Waals surface area contributed by atoms with Crippen molar-refractivity contribution in [2.24, 2.45) is 0 Å². The van der Waals surface area contributed by atoms with Gasteiger partial charge in [-0.25, -0.2) is 0 Å². The molecule has 1 aromatic heterocycles. The topological polar surface area (TPSA) is 34.4 Å². The maximum atomic E-state index is 5.78. The number of hydrogen-bond donors (Lipinski definition) is 1. The molecule has 1 heterocycles. The van der Waals surface area contributed by atoms with Gasteiger partial charge in [0.25, 0.3) is 0 Å². The molecule has 0 radical (unpaired) electrons. The molecule has 0 aliphatic heterocycles. The van der Waals surface area contributed by atoms with Crippen molar-refractivity contribution in [2.45, 2.75) is 40.0 Å². The molecule has 0 unspecified atom stereocenters. The highest BCUT2D eigenvalue weighted by molar-refractivity contribution is 9.10. The molecule has 0 saturated carbocycles. The number of ether oxygens (including phenoxy) is 1. The Bertz CT molecular complexity index is 563. The van der Waals surface area contributed by atoms with Gasteiger partial charge in [0.15, 0.2) is 0 Å². The standard InChI is InChI=1S/C16H20BrNO2/c1-11(2)18-8-13-7-15(19-9-13)10-20-16-5-4-14(17)6-12(16)3/h4-7,9,11,18H,8,10H2,1-3H3. The molecule has 20 heavy (non-hydrogen) atoms. The summed E-state index contributed by atoms with van der Waals surface area (Å²) in [6.45, 7) is 7.55. The molecule has 0 saturated heterocycles. The number of nitrogens with one attached hydrogen (secondary N) is 1. The lowest BCUT2D eigenvalue weighted by Crippen LogP contribution is -2.21. The molecular weight excluding hydrogens is 318 g/mol. The summed E-state index contributed by atoms with van der Waals surface area (Å²) >= 11 is 3.44. The zero-order valence-corrected chi connectivity index (χ0v) is 13.7. The summed E-state index contributed by atoms with van der Waals surface area (Å²) in [4.78, 5) is 0. The Kier molecular flexibility index (Phi) is 5.26. The van der Waals surface area contributed by atoms with Gasteiger partial charge in [-0.2, -0.15) is 0 Å². The lowest BCUT2D eigenvalue weighted by Gasteiger charge is -2.07. The average molecular weight is 338 g/mol. The molecule has 0 amide bonds. The van der Waals surface area contributed by atoms with E-state index in [0.29, 0.717) is 12.6 Å². The fraction of sp³-hybridized carbons (Fsp3) is 0.375. The second kappa shape index (κ2) is 6.95. The summed E-state index contributed by atoms with van der Waals surface area (Å²) < 4.78 is 12.3. The van der Waals surface area contributed by atoms with Crippen LogP contribution in [-0.2, 0) is 13.2 Å². The van der Waals surface area contributed by atoms with Crippen LogP contribution in [0.25, 0.3) is 0 Å². The van der Waals surface area contributed by atoms with E-state index in [2.05, 4.69) is 35.1 Å². The number of rotatable bonds is 6. The Morgan fingerprint density at radius 3 is 2.80 bits per heavy atom. The van der Waals surface area contributed by atoms with Gasteiger partial charge in [0, 0.05) is 22.6 Å². The molecule has 108 valence electrons. The molecule has 0 aliphatic carbocycles. The van der Waals surface area contributed by atoms with Crippen LogP contribution < -0.4 is 10.1 Å². The van der Waals surface area contributed by atoms with Crippen molar-refractivity contribution >= 4 is 15.9 Å². The van der Waals surface area contributed by atoms with E-state index >= 15 is 0 Å². The highest BCUT2D eigenvalue weighted by Gasteiger charge is 2.05. The van der Waals surface area contributed by atoms with Gasteiger partial charge in [-0.15, -0.1) is 0 Å². The van der Waals surface area contributed by atoms with Crippen LogP contribution in [0.15, 0.2) is 39.4 Å². The molecule has 1 aromatic carbocycles. The van der Waals surface area contributed by atoms with Crippen LogP contribution in [0, 0.1) is 6.92 Å². The van der Waals surface area contributed by atoms with Crippen LogP contribution in [-0.4, -0.2) is 6.04 Å². The molecule has 2 aromatic rings. The molecule has 4 heteroatoms. The van der Waals surface area contributed by atoms with E-state index in [1.165, 1.54) is 0 Å². The first-order valence-corrected chi connectivity index (χ1v) is 7.52. The first kappa shape index (κ1) is 15.1. The Morgan fingerprint density at radius 2 is 2.10 bits per heavy atom. The summed E-state index contributed by atoms with van der Waals surface area (Å²) in [7, 11) is 0. The molecule has 3 nitrogen and oxygen atoms in total. The van der Waals surface area contributed by atoms with Gasteiger partial charge in [0.2, 0.25) is 0 Å². The SMILES string of the molecule is Cc1cc(Br)ccc1OCc1cc(CNC(C)C)co1. The maximum absolute atomic E-state index is 5.78. The first-order valence-electron chi connectivity index (χ1n) is 6.73. The average Bonchev–Trinajstić information content (AvgIpc) is 2.83. The van der Waals surface area contributed by atoms with Crippen molar-refractivity contribution < 1.29 is 9.15 Å². The van der Waals surface area contributed by atoms with Crippen LogP contribution >= 0.6 is 15.9 Å². The highest BCUT2D eigenvalue weighted by Crippen LogP contribution is 2.23. The molecule has 0 atom stereocenters. The predicted molar refractivity (Wildman–Crippen MR) is 83.9 cm³/mol. The Hall–Kier alpha value is -1.26. The molecule has 0 bridgehead atoms. The van der Waals surface area contributed by atoms with Crippen molar-refractivity contribution in [1.29, 1.82) is 0 Å².